The molecule has 1 aliphatic rings. The Morgan fingerprint density at radius 2 is 2.21 bits per heavy atom. The first-order valence-corrected chi connectivity index (χ1v) is 6.58. The lowest BCUT2D eigenvalue weighted by Gasteiger charge is -2.29. The van der Waals surface area contributed by atoms with E-state index in [9.17, 15) is 4.79 Å². The number of rotatable bonds is 1. The predicted octanol–water partition coefficient (Wildman–Crippen LogP) is 2.49. The van der Waals surface area contributed by atoms with Crippen LogP contribution in [0.4, 0.5) is 4.79 Å². The molecule has 2 rings (SSSR count). The van der Waals surface area contributed by atoms with E-state index < -0.39 is 5.60 Å². The Balaban J connectivity index is 2.00. The molecule has 0 unspecified atom stereocenters. The van der Waals surface area contributed by atoms with Crippen LogP contribution in [0, 0.1) is 4.77 Å². The van der Waals surface area contributed by atoms with Gasteiger partial charge in [-0.1, -0.05) is 6.08 Å². The maximum Gasteiger partial charge on any atom is 0.410 e. The number of H-pyrrole nitrogens is 2. The smallest absolute Gasteiger partial charge is 0.410 e. The first-order valence-electron chi connectivity index (χ1n) is 6.17. The van der Waals surface area contributed by atoms with Gasteiger partial charge in [-0.2, -0.15) is 4.98 Å². The van der Waals surface area contributed by atoms with Gasteiger partial charge in [-0.3, -0.25) is 10.2 Å². The van der Waals surface area contributed by atoms with Crippen molar-refractivity contribution in [3.8, 4) is 0 Å². The zero-order valence-corrected chi connectivity index (χ0v) is 12.1. The van der Waals surface area contributed by atoms with Gasteiger partial charge in [0.25, 0.3) is 0 Å². The molecule has 0 bridgehead atoms. The number of carbonyl (C=O) groups excluding carboxylic acids is 1. The van der Waals surface area contributed by atoms with E-state index in [1.165, 1.54) is 0 Å². The standard InChI is InChI=1S/C12H18N4O2S/c1-12(2,3)18-11(17)16-6-4-8(5-7-16)9-13-10(19)15-14-9/h4H,5-7H2,1-3H3,(H2,13,14,15,19). The molecule has 0 radical (unpaired) electrons. The second-order valence-electron chi connectivity index (χ2n) is 5.42. The number of carbonyl (C=O) groups is 1. The predicted molar refractivity (Wildman–Crippen MR) is 74.2 cm³/mol. The second kappa shape index (κ2) is 5.16. The normalized spacial score (nSPS) is 16.2. The van der Waals surface area contributed by atoms with E-state index in [1.54, 1.807) is 4.90 Å². The number of nitrogens with zero attached hydrogens (tertiary/aromatic N) is 2. The Morgan fingerprint density at radius 1 is 1.47 bits per heavy atom. The van der Waals surface area contributed by atoms with Crippen molar-refractivity contribution in [2.45, 2.75) is 32.8 Å². The van der Waals surface area contributed by atoms with Crippen LogP contribution in [0.2, 0.25) is 0 Å². The van der Waals surface area contributed by atoms with Crippen LogP contribution < -0.4 is 0 Å². The SMILES string of the molecule is CC(C)(C)OC(=O)N1CC=C(c2nc(=S)[nH][nH]2)CC1. The summed E-state index contributed by atoms with van der Waals surface area (Å²) in [4.78, 5) is 17.7. The molecular weight excluding hydrogens is 264 g/mol. The van der Waals surface area contributed by atoms with Gasteiger partial charge in [-0.15, -0.1) is 0 Å². The fraction of sp³-hybridized carbons (Fsp3) is 0.583. The number of amides is 1. The molecule has 1 aromatic heterocycles. The van der Waals surface area contributed by atoms with Crippen molar-refractivity contribution in [3.63, 3.8) is 0 Å². The minimum atomic E-state index is -0.464. The van der Waals surface area contributed by atoms with Crippen molar-refractivity contribution in [1.82, 2.24) is 20.1 Å². The number of hydrogen-bond acceptors (Lipinski definition) is 4. The average molecular weight is 282 g/mol. The molecular formula is C12H18N4O2S. The van der Waals surface area contributed by atoms with Crippen molar-refractivity contribution in [1.29, 1.82) is 0 Å². The maximum absolute atomic E-state index is 11.9. The van der Waals surface area contributed by atoms with Gasteiger partial charge in [-0.25, -0.2) is 4.79 Å². The van der Waals surface area contributed by atoms with Crippen LogP contribution in [0.5, 0.6) is 0 Å². The topological polar surface area (TPSA) is 74.0 Å². The van der Waals surface area contributed by atoms with Gasteiger partial charge in [0.15, 0.2) is 5.82 Å². The summed E-state index contributed by atoms with van der Waals surface area (Å²) in [6, 6.07) is 0. The van der Waals surface area contributed by atoms with Gasteiger partial charge in [0, 0.05) is 13.1 Å². The van der Waals surface area contributed by atoms with Crippen LogP contribution in [0.25, 0.3) is 5.57 Å². The molecule has 2 N–H and O–H groups in total. The van der Waals surface area contributed by atoms with Gasteiger partial charge in [0.2, 0.25) is 4.77 Å². The summed E-state index contributed by atoms with van der Waals surface area (Å²) in [7, 11) is 0. The lowest BCUT2D eigenvalue weighted by molar-refractivity contribution is 0.0270. The number of hydrogen-bond donors (Lipinski definition) is 2. The van der Waals surface area contributed by atoms with Gasteiger partial charge in [0.1, 0.15) is 5.60 Å². The molecule has 1 aliphatic heterocycles. The van der Waals surface area contributed by atoms with E-state index in [4.69, 9.17) is 17.0 Å². The van der Waals surface area contributed by atoms with Crippen LogP contribution in [0.1, 0.15) is 33.0 Å². The minimum Gasteiger partial charge on any atom is -0.444 e. The number of ether oxygens (including phenoxy) is 1. The minimum absolute atomic E-state index is 0.280. The molecule has 2 heterocycles. The van der Waals surface area contributed by atoms with Crippen molar-refractivity contribution in [3.05, 3.63) is 16.7 Å². The fourth-order valence-electron chi connectivity index (χ4n) is 1.80. The van der Waals surface area contributed by atoms with Crippen molar-refractivity contribution in [2.24, 2.45) is 0 Å². The Morgan fingerprint density at radius 3 is 2.68 bits per heavy atom. The van der Waals surface area contributed by atoms with Crippen molar-refractivity contribution >= 4 is 23.9 Å². The van der Waals surface area contributed by atoms with Crippen LogP contribution in [-0.4, -0.2) is 44.9 Å². The molecule has 0 fully saturated rings. The monoisotopic (exact) mass is 282 g/mol. The summed E-state index contributed by atoms with van der Waals surface area (Å²) < 4.78 is 5.77. The van der Waals surface area contributed by atoms with Crippen LogP contribution >= 0.6 is 12.2 Å². The molecule has 0 atom stereocenters. The highest BCUT2D eigenvalue weighted by Gasteiger charge is 2.24. The first-order chi connectivity index (χ1) is 8.85. The number of nitrogens with one attached hydrogen (secondary N) is 2. The molecule has 7 heteroatoms. The molecule has 0 saturated heterocycles. The zero-order chi connectivity index (χ0) is 14.0. The van der Waals surface area contributed by atoms with Gasteiger partial charge in [0.05, 0.1) is 0 Å². The van der Waals surface area contributed by atoms with Crippen molar-refractivity contribution < 1.29 is 9.53 Å². The van der Waals surface area contributed by atoms with Crippen LogP contribution in [-0.2, 0) is 4.74 Å². The van der Waals surface area contributed by atoms with Crippen molar-refractivity contribution in [2.75, 3.05) is 13.1 Å². The molecule has 104 valence electrons. The summed E-state index contributed by atoms with van der Waals surface area (Å²) in [5, 5.41) is 5.68. The third kappa shape index (κ3) is 3.66. The Kier molecular flexibility index (Phi) is 3.75. The Hall–Kier alpha value is -1.63. The summed E-state index contributed by atoms with van der Waals surface area (Å²) in [6.07, 6.45) is 2.42. The number of aromatic amines is 2. The van der Waals surface area contributed by atoms with Gasteiger partial charge in [-0.05, 0) is 45.0 Å². The third-order valence-electron chi connectivity index (χ3n) is 2.67. The molecule has 6 nitrogen and oxygen atoms in total. The average Bonchev–Trinajstić information content (AvgIpc) is 2.74. The Bertz CT molecular complexity index is 553. The van der Waals surface area contributed by atoms with Gasteiger partial charge < -0.3 is 9.64 Å². The van der Waals surface area contributed by atoms with Gasteiger partial charge >= 0.3 is 6.09 Å². The molecule has 0 saturated carbocycles. The lowest BCUT2D eigenvalue weighted by atomic mass is 10.1. The summed E-state index contributed by atoms with van der Waals surface area (Å²) in [5.74, 6) is 0.744. The van der Waals surface area contributed by atoms with Crippen LogP contribution in [0.15, 0.2) is 6.08 Å². The van der Waals surface area contributed by atoms with E-state index >= 15 is 0 Å². The molecule has 1 aromatic rings. The van der Waals surface area contributed by atoms with E-state index in [-0.39, 0.29) is 6.09 Å². The van der Waals surface area contributed by atoms with E-state index in [0.29, 0.717) is 17.9 Å². The summed E-state index contributed by atoms with van der Waals surface area (Å²) >= 11 is 4.92. The maximum atomic E-state index is 11.9. The highest BCUT2D eigenvalue weighted by molar-refractivity contribution is 7.71. The molecule has 1 amide bonds. The molecule has 19 heavy (non-hydrogen) atoms. The fourth-order valence-corrected chi connectivity index (χ4v) is 1.94. The highest BCUT2D eigenvalue weighted by Crippen LogP contribution is 2.20. The zero-order valence-electron chi connectivity index (χ0n) is 11.3. The van der Waals surface area contributed by atoms with E-state index in [0.717, 1.165) is 17.8 Å². The summed E-state index contributed by atoms with van der Waals surface area (Å²) in [6.45, 7) is 6.73. The molecule has 0 spiro atoms. The lowest BCUT2D eigenvalue weighted by Crippen LogP contribution is -2.39. The third-order valence-corrected chi connectivity index (χ3v) is 2.86. The van der Waals surface area contributed by atoms with E-state index in [1.807, 2.05) is 26.8 Å². The first kappa shape index (κ1) is 13.8. The van der Waals surface area contributed by atoms with E-state index in [2.05, 4.69) is 15.2 Å². The number of aromatic nitrogens is 3. The van der Waals surface area contributed by atoms with Crippen LogP contribution in [0.3, 0.4) is 0 Å². The Labute approximate surface area is 116 Å². The second-order valence-corrected chi connectivity index (χ2v) is 5.81. The molecule has 0 aromatic carbocycles. The molecule has 0 aliphatic carbocycles. The summed E-state index contributed by atoms with van der Waals surface area (Å²) in [5.41, 5.74) is 0.598. The highest BCUT2D eigenvalue weighted by atomic mass is 32.1. The largest absolute Gasteiger partial charge is 0.444 e. The quantitative estimate of drug-likeness (QED) is 0.776.